The summed E-state index contributed by atoms with van der Waals surface area (Å²) >= 11 is 0. The van der Waals surface area contributed by atoms with E-state index in [4.69, 9.17) is 9.47 Å². The zero-order valence-electron chi connectivity index (χ0n) is 18.2. The summed E-state index contributed by atoms with van der Waals surface area (Å²) in [5.41, 5.74) is 1.39. The lowest BCUT2D eigenvalue weighted by Crippen LogP contribution is -2.45. The number of hydrogen-bond donors (Lipinski definition) is 2. The van der Waals surface area contributed by atoms with Crippen molar-refractivity contribution in [3.05, 3.63) is 103 Å². The number of amides is 2. The maximum Gasteiger partial charge on any atom is 0.328 e. The highest BCUT2D eigenvalue weighted by Crippen LogP contribution is 2.29. The number of para-hydroxylation sites is 3. The van der Waals surface area contributed by atoms with E-state index in [-0.39, 0.29) is 0 Å². The van der Waals surface area contributed by atoms with Gasteiger partial charge in [0.1, 0.15) is 11.8 Å². The molecule has 0 unspecified atom stereocenters. The number of benzene rings is 4. The van der Waals surface area contributed by atoms with E-state index in [0.29, 0.717) is 23.6 Å². The maximum absolute atomic E-state index is 12.8. The van der Waals surface area contributed by atoms with Crippen LogP contribution in [0, 0.1) is 0 Å². The van der Waals surface area contributed by atoms with E-state index in [1.165, 1.54) is 7.11 Å². The van der Waals surface area contributed by atoms with Crippen LogP contribution in [0.25, 0.3) is 10.8 Å². The predicted molar refractivity (Wildman–Crippen MR) is 129 cm³/mol. The number of rotatable bonds is 7. The third-order valence-electron chi connectivity index (χ3n) is 5.15. The lowest BCUT2D eigenvalue weighted by molar-refractivity contribution is -0.142. The third-order valence-corrected chi connectivity index (χ3v) is 5.15. The molecule has 6 nitrogen and oxygen atoms in total. The van der Waals surface area contributed by atoms with Gasteiger partial charge >= 0.3 is 12.0 Å². The van der Waals surface area contributed by atoms with Crippen molar-refractivity contribution in [3.8, 4) is 11.5 Å². The first-order valence-electron chi connectivity index (χ1n) is 10.6. The van der Waals surface area contributed by atoms with Gasteiger partial charge < -0.3 is 20.1 Å². The molecule has 0 aliphatic rings. The van der Waals surface area contributed by atoms with Crippen LogP contribution in [0.5, 0.6) is 11.5 Å². The lowest BCUT2D eigenvalue weighted by Gasteiger charge is -2.18. The molecule has 4 aromatic rings. The first kappa shape index (κ1) is 21.9. The number of nitrogens with one attached hydrogen (secondary N) is 2. The van der Waals surface area contributed by atoms with Gasteiger partial charge in [-0.05, 0) is 40.6 Å². The Kier molecular flexibility index (Phi) is 6.85. The van der Waals surface area contributed by atoms with E-state index in [9.17, 15) is 9.59 Å². The van der Waals surface area contributed by atoms with Gasteiger partial charge in [0.25, 0.3) is 0 Å². The van der Waals surface area contributed by atoms with Crippen LogP contribution in [0.2, 0.25) is 0 Å². The average Bonchev–Trinajstić information content (AvgIpc) is 2.85. The van der Waals surface area contributed by atoms with Crippen molar-refractivity contribution in [2.75, 3.05) is 12.4 Å². The summed E-state index contributed by atoms with van der Waals surface area (Å²) in [4.78, 5) is 25.2. The Bertz CT molecular complexity index is 1260. The molecule has 0 saturated heterocycles. The standard InChI is InChI=1S/C27H24N2O4/c1-32-26(30)24(18-19-15-16-20-9-5-6-10-21(20)17-19)29-27(31)28-23-13-7-8-14-25(23)33-22-11-3-2-4-12-22/h2-17,24H,18H2,1H3,(H2,28,29,31)/t24-/m1/s1. The number of fused-ring (bicyclic) bond motifs is 1. The molecule has 0 spiro atoms. The fraction of sp³-hybridized carbons (Fsp3) is 0.111. The van der Waals surface area contributed by atoms with E-state index in [0.717, 1.165) is 16.3 Å². The summed E-state index contributed by atoms with van der Waals surface area (Å²) in [5.74, 6) is 0.617. The van der Waals surface area contributed by atoms with Crippen LogP contribution in [0.3, 0.4) is 0 Å². The van der Waals surface area contributed by atoms with Gasteiger partial charge in [-0.2, -0.15) is 0 Å². The molecule has 6 heteroatoms. The van der Waals surface area contributed by atoms with E-state index < -0.39 is 18.0 Å². The fourth-order valence-electron chi connectivity index (χ4n) is 3.53. The Hall–Kier alpha value is -4.32. The molecule has 33 heavy (non-hydrogen) atoms. The molecule has 4 rings (SSSR count). The minimum absolute atomic E-state index is 0.299. The van der Waals surface area contributed by atoms with Crippen LogP contribution < -0.4 is 15.4 Å². The molecule has 0 radical (unpaired) electrons. The Morgan fingerprint density at radius 1 is 0.818 bits per heavy atom. The summed E-state index contributed by atoms with van der Waals surface area (Å²) in [6, 6.07) is 28.9. The van der Waals surface area contributed by atoms with Crippen molar-refractivity contribution in [2.24, 2.45) is 0 Å². The zero-order chi connectivity index (χ0) is 23.0. The summed E-state index contributed by atoms with van der Waals surface area (Å²) in [7, 11) is 1.30. The average molecular weight is 440 g/mol. The molecule has 4 aromatic carbocycles. The van der Waals surface area contributed by atoms with Crippen LogP contribution in [0.4, 0.5) is 10.5 Å². The lowest BCUT2D eigenvalue weighted by atomic mass is 10.0. The summed E-state index contributed by atoms with van der Waals surface area (Å²) < 4.78 is 10.8. The van der Waals surface area contributed by atoms with Crippen molar-refractivity contribution in [1.29, 1.82) is 0 Å². The second-order valence-corrected chi connectivity index (χ2v) is 7.47. The SMILES string of the molecule is COC(=O)[C@@H](Cc1ccc2ccccc2c1)NC(=O)Nc1ccccc1Oc1ccccc1. The van der Waals surface area contributed by atoms with Crippen molar-refractivity contribution < 1.29 is 19.1 Å². The van der Waals surface area contributed by atoms with Gasteiger partial charge in [0.2, 0.25) is 0 Å². The van der Waals surface area contributed by atoms with Crippen molar-refractivity contribution in [1.82, 2.24) is 5.32 Å². The molecule has 166 valence electrons. The number of methoxy groups -OCH3 is 1. The predicted octanol–water partition coefficient (Wildman–Crippen LogP) is 5.54. The topological polar surface area (TPSA) is 76.7 Å². The van der Waals surface area contributed by atoms with Gasteiger partial charge in [-0.1, -0.05) is 72.8 Å². The molecule has 2 N–H and O–H groups in total. The van der Waals surface area contributed by atoms with Crippen LogP contribution in [0.15, 0.2) is 97.1 Å². The highest BCUT2D eigenvalue weighted by molar-refractivity contribution is 5.94. The van der Waals surface area contributed by atoms with Crippen molar-refractivity contribution in [2.45, 2.75) is 12.5 Å². The summed E-state index contributed by atoms with van der Waals surface area (Å²) in [6.07, 6.45) is 0.299. The molecule has 0 aliphatic carbocycles. The number of anilines is 1. The summed E-state index contributed by atoms with van der Waals surface area (Å²) in [6.45, 7) is 0. The van der Waals surface area contributed by atoms with E-state index in [1.807, 2.05) is 78.9 Å². The quantitative estimate of drug-likeness (QED) is 0.370. The van der Waals surface area contributed by atoms with Gasteiger partial charge in [-0.3, -0.25) is 0 Å². The molecule has 2 amide bonds. The number of ether oxygens (including phenoxy) is 2. The van der Waals surface area contributed by atoms with Gasteiger partial charge in [0.15, 0.2) is 5.75 Å². The smallest absolute Gasteiger partial charge is 0.328 e. The fourth-order valence-corrected chi connectivity index (χ4v) is 3.53. The molecule has 1 atom stereocenters. The molecular weight excluding hydrogens is 416 g/mol. The number of urea groups is 1. The van der Waals surface area contributed by atoms with Crippen LogP contribution in [-0.2, 0) is 16.0 Å². The van der Waals surface area contributed by atoms with Gasteiger partial charge in [0.05, 0.1) is 12.8 Å². The van der Waals surface area contributed by atoms with Crippen LogP contribution in [0.1, 0.15) is 5.56 Å². The second-order valence-electron chi connectivity index (χ2n) is 7.47. The van der Waals surface area contributed by atoms with Gasteiger partial charge in [0, 0.05) is 6.42 Å². The maximum atomic E-state index is 12.8. The first-order chi connectivity index (χ1) is 16.1. The Balaban J connectivity index is 1.47. The monoisotopic (exact) mass is 440 g/mol. The number of carbonyl (C=O) groups is 2. The molecule has 0 aromatic heterocycles. The Morgan fingerprint density at radius 3 is 2.30 bits per heavy atom. The number of carbonyl (C=O) groups excluding carboxylic acids is 2. The first-order valence-corrected chi connectivity index (χ1v) is 10.6. The number of hydrogen-bond acceptors (Lipinski definition) is 4. The third kappa shape index (κ3) is 5.68. The molecule has 0 saturated carbocycles. The normalized spacial score (nSPS) is 11.4. The van der Waals surface area contributed by atoms with Crippen molar-refractivity contribution >= 4 is 28.5 Å². The van der Waals surface area contributed by atoms with Gasteiger partial charge in [-0.25, -0.2) is 9.59 Å². The Labute approximate surface area is 192 Å². The van der Waals surface area contributed by atoms with Crippen LogP contribution in [-0.4, -0.2) is 25.2 Å². The van der Waals surface area contributed by atoms with Gasteiger partial charge in [-0.15, -0.1) is 0 Å². The minimum Gasteiger partial charge on any atom is -0.467 e. The molecule has 0 aliphatic heterocycles. The number of esters is 1. The molecule has 0 heterocycles. The van der Waals surface area contributed by atoms with Crippen LogP contribution >= 0.6 is 0 Å². The Morgan fingerprint density at radius 2 is 1.52 bits per heavy atom. The van der Waals surface area contributed by atoms with Crippen molar-refractivity contribution in [3.63, 3.8) is 0 Å². The second kappa shape index (κ2) is 10.3. The molecule has 0 bridgehead atoms. The minimum atomic E-state index is -0.849. The highest BCUT2D eigenvalue weighted by Gasteiger charge is 2.22. The zero-order valence-corrected chi connectivity index (χ0v) is 18.2. The van der Waals surface area contributed by atoms with E-state index in [1.54, 1.807) is 18.2 Å². The van der Waals surface area contributed by atoms with E-state index in [2.05, 4.69) is 10.6 Å². The van der Waals surface area contributed by atoms with E-state index >= 15 is 0 Å². The largest absolute Gasteiger partial charge is 0.467 e. The summed E-state index contributed by atoms with van der Waals surface area (Å²) in [5, 5.41) is 7.67. The molecular formula is C27H24N2O4. The molecule has 0 fully saturated rings. The highest BCUT2D eigenvalue weighted by atomic mass is 16.5.